The molecule has 0 saturated heterocycles. The number of nitrogens with one attached hydrogen (secondary N) is 1. The van der Waals surface area contributed by atoms with Crippen molar-refractivity contribution in [2.75, 3.05) is 19.6 Å². The Bertz CT molecular complexity index is 1540. The zero-order chi connectivity index (χ0) is 25.4. The van der Waals surface area contributed by atoms with E-state index in [1.165, 1.54) is 9.21 Å². The number of imidazole rings is 1. The minimum atomic E-state index is -3.57. The van der Waals surface area contributed by atoms with E-state index in [4.69, 9.17) is 0 Å². The van der Waals surface area contributed by atoms with Crippen molar-refractivity contribution < 1.29 is 18.0 Å². The lowest BCUT2D eigenvalue weighted by Gasteiger charge is -2.18. The van der Waals surface area contributed by atoms with Gasteiger partial charge in [-0.15, -0.1) is 5.10 Å². The van der Waals surface area contributed by atoms with Crippen molar-refractivity contribution in [2.24, 2.45) is 0 Å². The number of H-pyrrole nitrogens is 1. The monoisotopic (exact) mass is 507 g/mol. The van der Waals surface area contributed by atoms with E-state index in [9.17, 15) is 18.0 Å². The van der Waals surface area contributed by atoms with Crippen molar-refractivity contribution in [2.45, 2.75) is 31.7 Å². The summed E-state index contributed by atoms with van der Waals surface area (Å²) in [5, 5.41) is 8.27. The third kappa shape index (κ3) is 4.18. The van der Waals surface area contributed by atoms with Gasteiger partial charge < -0.3 is 4.98 Å². The first-order valence-corrected chi connectivity index (χ1v) is 13.1. The standard InChI is InChI=1S/C24H25N7O4S/c1-3-30(4-2)36(34,35)17-9-10-20-21(13-17)26-22(25-20)15-29-14-16(27-28-29)11-12-31-23(32)18-7-5-6-8-19(18)24(31)33/h5-10,13-14H,3-4,11-12,15H2,1-2H3,(H,25,26). The molecule has 2 amide bonds. The smallest absolute Gasteiger partial charge is 0.261 e. The molecule has 1 aliphatic heterocycles. The van der Waals surface area contributed by atoms with Crippen LogP contribution in [0.5, 0.6) is 0 Å². The molecule has 186 valence electrons. The number of nitrogens with zero attached hydrogens (tertiary/aromatic N) is 6. The van der Waals surface area contributed by atoms with Gasteiger partial charge in [0.2, 0.25) is 10.0 Å². The summed E-state index contributed by atoms with van der Waals surface area (Å²) in [6.07, 6.45) is 2.11. The Morgan fingerprint density at radius 2 is 1.69 bits per heavy atom. The second kappa shape index (κ2) is 9.28. The molecule has 5 rings (SSSR count). The Labute approximate surface area is 207 Å². The quantitative estimate of drug-likeness (QED) is 0.343. The van der Waals surface area contributed by atoms with E-state index < -0.39 is 10.0 Å². The van der Waals surface area contributed by atoms with E-state index >= 15 is 0 Å². The molecule has 2 aromatic carbocycles. The highest BCUT2D eigenvalue weighted by molar-refractivity contribution is 7.89. The van der Waals surface area contributed by atoms with Crippen LogP contribution >= 0.6 is 0 Å². The van der Waals surface area contributed by atoms with E-state index in [2.05, 4.69) is 20.3 Å². The third-order valence-corrected chi connectivity index (χ3v) is 8.26. The van der Waals surface area contributed by atoms with E-state index in [1.54, 1.807) is 67.2 Å². The summed E-state index contributed by atoms with van der Waals surface area (Å²) >= 11 is 0. The van der Waals surface area contributed by atoms with Gasteiger partial charge >= 0.3 is 0 Å². The summed E-state index contributed by atoms with van der Waals surface area (Å²) in [4.78, 5) is 34.2. The summed E-state index contributed by atoms with van der Waals surface area (Å²) in [6, 6.07) is 11.6. The maximum Gasteiger partial charge on any atom is 0.261 e. The van der Waals surface area contributed by atoms with Crippen LogP contribution in [0.25, 0.3) is 11.0 Å². The fraction of sp³-hybridized carbons (Fsp3) is 0.292. The molecule has 0 fully saturated rings. The van der Waals surface area contributed by atoms with Crippen molar-refractivity contribution in [3.63, 3.8) is 0 Å². The van der Waals surface area contributed by atoms with Crippen LogP contribution in [-0.2, 0) is 23.0 Å². The highest BCUT2D eigenvalue weighted by Gasteiger charge is 2.34. The molecule has 0 spiro atoms. The SMILES string of the molecule is CCN(CC)S(=O)(=O)c1ccc2nc(Cn3cc(CCN4C(=O)c5ccccc5C4=O)nn3)[nH]c2c1. The van der Waals surface area contributed by atoms with Gasteiger partial charge in [-0.05, 0) is 30.3 Å². The van der Waals surface area contributed by atoms with Gasteiger partial charge in [0.1, 0.15) is 12.4 Å². The lowest BCUT2D eigenvalue weighted by Crippen LogP contribution is -2.31. The molecule has 0 unspecified atom stereocenters. The van der Waals surface area contributed by atoms with Gasteiger partial charge in [-0.1, -0.05) is 31.2 Å². The zero-order valence-corrected chi connectivity index (χ0v) is 20.7. The number of sulfonamides is 1. The molecule has 36 heavy (non-hydrogen) atoms. The van der Waals surface area contributed by atoms with Crippen molar-refractivity contribution in [3.8, 4) is 0 Å². The second-order valence-corrected chi connectivity index (χ2v) is 10.4. The number of rotatable bonds is 9. The van der Waals surface area contributed by atoms with Crippen LogP contribution < -0.4 is 0 Å². The lowest BCUT2D eigenvalue weighted by molar-refractivity contribution is 0.0655. The summed E-state index contributed by atoms with van der Waals surface area (Å²) in [5.41, 5.74) is 2.74. The molecule has 11 nitrogen and oxygen atoms in total. The van der Waals surface area contributed by atoms with Crippen molar-refractivity contribution >= 4 is 32.9 Å². The maximum atomic E-state index is 12.8. The molecular formula is C24H25N7O4S. The Balaban J connectivity index is 1.26. The van der Waals surface area contributed by atoms with E-state index in [-0.39, 0.29) is 23.3 Å². The van der Waals surface area contributed by atoms with Gasteiger partial charge in [-0.3, -0.25) is 14.5 Å². The molecule has 1 N–H and O–H groups in total. The Morgan fingerprint density at radius 1 is 1.00 bits per heavy atom. The lowest BCUT2D eigenvalue weighted by atomic mass is 10.1. The summed E-state index contributed by atoms with van der Waals surface area (Å²) in [5.74, 6) is -0.000486. The Kier molecular flexibility index (Phi) is 6.14. The minimum absolute atomic E-state index is 0.208. The van der Waals surface area contributed by atoms with Gasteiger partial charge in [-0.2, -0.15) is 4.31 Å². The van der Waals surface area contributed by atoms with E-state index in [1.807, 2.05) is 0 Å². The molecule has 1 aliphatic rings. The highest BCUT2D eigenvalue weighted by Crippen LogP contribution is 2.23. The number of benzene rings is 2. The molecule has 3 heterocycles. The van der Waals surface area contributed by atoms with E-state index in [0.29, 0.717) is 59.7 Å². The van der Waals surface area contributed by atoms with Gasteiger partial charge in [0.15, 0.2) is 0 Å². The summed E-state index contributed by atoms with van der Waals surface area (Å²) in [7, 11) is -3.57. The van der Waals surface area contributed by atoms with Crippen LogP contribution in [0.2, 0.25) is 0 Å². The normalized spacial score (nSPS) is 13.8. The van der Waals surface area contributed by atoms with Crippen LogP contribution in [0, 0.1) is 0 Å². The van der Waals surface area contributed by atoms with Gasteiger partial charge in [0, 0.05) is 32.3 Å². The first kappa shape index (κ1) is 23.8. The molecule has 0 atom stereocenters. The number of carbonyl (C=O) groups is 2. The van der Waals surface area contributed by atoms with Crippen LogP contribution in [0.1, 0.15) is 46.1 Å². The average Bonchev–Trinajstić information content (AvgIpc) is 3.55. The number of fused-ring (bicyclic) bond motifs is 2. The first-order valence-electron chi connectivity index (χ1n) is 11.6. The summed E-state index contributed by atoms with van der Waals surface area (Å²) in [6.45, 7) is 4.91. The summed E-state index contributed by atoms with van der Waals surface area (Å²) < 4.78 is 28.7. The van der Waals surface area contributed by atoms with E-state index in [0.717, 1.165) is 0 Å². The van der Waals surface area contributed by atoms with Crippen LogP contribution in [-0.4, -0.2) is 74.0 Å². The number of amides is 2. The van der Waals surface area contributed by atoms with Gasteiger partial charge in [0.25, 0.3) is 11.8 Å². The highest BCUT2D eigenvalue weighted by atomic mass is 32.2. The average molecular weight is 508 g/mol. The number of carbonyl (C=O) groups excluding carboxylic acids is 2. The number of aromatic amines is 1. The second-order valence-electron chi connectivity index (χ2n) is 8.42. The van der Waals surface area contributed by atoms with Crippen molar-refractivity contribution in [3.05, 3.63) is 71.3 Å². The Hall–Kier alpha value is -3.90. The molecule has 0 aliphatic carbocycles. The number of hydrogen-bond acceptors (Lipinski definition) is 7. The third-order valence-electron chi connectivity index (χ3n) is 6.21. The predicted octanol–water partition coefficient (Wildman–Crippen LogP) is 2.07. The molecular weight excluding hydrogens is 482 g/mol. The fourth-order valence-electron chi connectivity index (χ4n) is 4.34. The van der Waals surface area contributed by atoms with Crippen molar-refractivity contribution in [1.82, 2.24) is 34.2 Å². The fourth-order valence-corrected chi connectivity index (χ4v) is 5.83. The number of imide groups is 1. The molecule has 2 aromatic heterocycles. The molecule has 12 heteroatoms. The predicted molar refractivity (Wildman–Crippen MR) is 131 cm³/mol. The molecule has 0 saturated carbocycles. The van der Waals surface area contributed by atoms with Crippen molar-refractivity contribution in [1.29, 1.82) is 0 Å². The first-order chi connectivity index (χ1) is 17.3. The molecule has 0 bridgehead atoms. The minimum Gasteiger partial charge on any atom is -0.340 e. The van der Waals surface area contributed by atoms with Crippen LogP contribution in [0.4, 0.5) is 0 Å². The number of hydrogen-bond donors (Lipinski definition) is 1. The van der Waals surface area contributed by atoms with Gasteiger partial charge in [0.05, 0.1) is 32.7 Å². The van der Waals surface area contributed by atoms with Crippen LogP contribution in [0.15, 0.2) is 53.6 Å². The van der Waals surface area contributed by atoms with Gasteiger partial charge in [-0.25, -0.2) is 18.1 Å². The van der Waals surface area contributed by atoms with Crippen LogP contribution in [0.3, 0.4) is 0 Å². The molecule has 0 radical (unpaired) electrons. The topological polar surface area (TPSA) is 134 Å². The zero-order valence-electron chi connectivity index (χ0n) is 19.9. The maximum absolute atomic E-state index is 12.8. The molecule has 4 aromatic rings. The Morgan fingerprint density at radius 3 is 2.36 bits per heavy atom. The largest absolute Gasteiger partial charge is 0.340 e. The number of aromatic nitrogens is 5.